The van der Waals surface area contributed by atoms with Gasteiger partial charge >= 0.3 is 29.8 Å². The van der Waals surface area contributed by atoms with E-state index < -0.39 is 35.6 Å². The second-order valence-electron chi connectivity index (χ2n) is 11.0. The number of hydrogen-bond acceptors (Lipinski definition) is 11. The van der Waals surface area contributed by atoms with Crippen LogP contribution in [0.2, 0.25) is 0 Å². The van der Waals surface area contributed by atoms with E-state index in [1.54, 1.807) is 24.3 Å². The molecule has 51 heavy (non-hydrogen) atoms. The van der Waals surface area contributed by atoms with Crippen molar-refractivity contribution in [3.63, 3.8) is 0 Å². The van der Waals surface area contributed by atoms with Gasteiger partial charge in [0.25, 0.3) is 0 Å². The third-order valence-corrected chi connectivity index (χ3v) is 7.22. The van der Waals surface area contributed by atoms with Gasteiger partial charge in [0.15, 0.2) is 11.5 Å². The molecule has 0 atom stereocenters. The molecular weight excluding hydrogens is 660 g/mol. The van der Waals surface area contributed by atoms with Gasteiger partial charge < -0.3 is 33.5 Å². The Bertz CT molecular complexity index is 1630. The zero-order valence-electron chi connectivity index (χ0n) is 28.3. The number of rotatable bonds is 23. The van der Waals surface area contributed by atoms with E-state index in [0.717, 1.165) is 63.5 Å². The van der Waals surface area contributed by atoms with Crippen molar-refractivity contribution in [2.24, 2.45) is 0 Å². The van der Waals surface area contributed by atoms with Crippen molar-refractivity contribution in [3.05, 3.63) is 109 Å². The van der Waals surface area contributed by atoms with Crippen LogP contribution >= 0.6 is 0 Å². The van der Waals surface area contributed by atoms with E-state index in [0.29, 0.717) is 37.9 Å². The molecule has 0 aliphatic carbocycles. The first kappa shape index (κ1) is 39.5. The van der Waals surface area contributed by atoms with Gasteiger partial charge in [-0.05, 0) is 112 Å². The van der Waals surface area contributed by atoms with Crippen LogP contribution in [0.25, 0.3) is 0 Å². The summed E-state index contributed by atoms with van der Waals surface area (Å²) >= 11 is 0. The number of carbonyl (C=O) groups is 5. The van der Waals surface area contributed by atoms with Gasteiger partial charge in [-0.3, -0.25) is 0 Å². The van der Waals surface area contributed by atoms with Crippen molar-refractivity contribution < 1.29 is 57.5 Å². The largest absolute Gasteiger partial charge is 0.494 e. The molecule has 1 N–H and O–H groups in total. The normalized spacial score (nSPS) is 10.4. The topological polar surface area (TPSA) is 161 Å². The molecule has 0 aromatic heterocycles. The lowest BCUT2D eigenvalue weighted by Gasteiger charge is -2.13. The van der Waals surface area contributed by atoms with E-state index in [4.69, 9.17) is 28.4 Å². The molecule has 3 rings (SSSR count). The van der Waals surface area contributed by atoms with Crippen LogP contribution < -0.4 is 18.9 Å². The molecule has 0 amide bonds. The Balaban J connectivity index is 1.49. The van der Waals surface area contributed by atoms with Gasteiger partial charge in [0, 0.05) is 12.2 Å². The first-order valence-electron chi connectivity index (χ1n) is 16.6. The number of aromatic carboxylic acids is 1. The lowest BCUT2D eigenvalue weighted by atomic mass is 10.1. The lowest BCUT2D eigenvalue weighted by Crippen LogP contribution is -2.15. The lowest BCUT2D eigenvalue weighted by molar-refractivity contribution is -0.138. The van der Waals surface area contributed by atoms with Gasteiger partial charge in [0.1, 0.15) is 17.1 Å². The van der Waals surface area contributed by atoms with Crippen LogP contribution in [0.3, 0.4) is 0 Å². The molecule has 0 saturated carbocycles. The number of unbranched alkanes of at least 4 members (excludes halogenated alkanes) is 6. The molecular formula is C39H42O12. The highest BCUT2D eigenvalue weighted by Crippen LogP contribution is 2.33. The van der Waals surface area contributed by atoms with Crippen molar-refractivity contribution in [2.75, 3.05) is 26.4 Å². The summed E-state index contributed by atoms with van der Waals surface area (Å²) in [5.74, 6) is -3.48. The number of carboxylic acid groups (broad SMARTS) is 1. The minimum absolute atomic E-state index is 0.124. The molecule has 3 aromatic carbocycles. The summed E-state index contributed by atoms with van der Waals surface area (Å²) in [4.78, 5) is 60.1. The fourth-order valence-corrected chi connectivity index (χ4v) is 4.51. The molecule has 0 aliphatic heterocycles. The van der Waals surface area contributed by atoms with Crippen LogP contribution in [0.1, 0.15) is 82.4 Å². The average Bonchev–Trinajstić information content (AvgIpc) is 3.14. The van der Waals surface area contributed by atoms with Gasteiger partial charge in [-0.15, -0.1) is 0 Å². The molecule has 12 heteroatoms. The summed E-state index contributed by atoms with van der Waals surface area (Å²) in [6.07, 6.45) is 8.85. The number of ether oxygens (including phenoxy) is 6. The quantitative estimate of drug-likeness (QED) is 0.0460. The van der Waals surface area contributed by atoms with E-state index in [-0.39, 0.29) is 22.4 Å². The average molecular weight is 703 g/mol. The molecule has 0 spiro atoms. The molecule has 0 unspecified atom stereocenters. The van der Waals surface area contributed by atoms with Crippen LogP contribution in [0.5, 0.6) is 23.0 Å². The minimum atomic E-state index is -1.38. The van der Waals surface area contributed by atoms with Crippen LogP contribution in [-0.4, -0.2) is 61.4 Å². The van der Waals surface area contributed by atoms with Crippen molar-refractivity contribution in [3.8, 4) is 23.0 Å². The monoisotopic (exact) mass is 702 g/mol. The van der Waals surface area contributed by atoms with E-state index in [9.17, 15) is 29.1 Å². The maximum atomic E-state index is 13.0. The van der Waals surface area contributed by atoms with E-state index in [1.807, 2.05) is 0 Å². The number of hydrogen-bond donors (Lipinski definition) is 1. The van der Waals surface area contributed by atoms with E-state index in [2.05, 4.69) is 13.2 Å². The number of benzene rings is 3. The Kier molecular flexibility index (Phi) is 17.0. The highest BCUT2D eigenvalue weighted by Gasteiger charge is 2.23. The summed E-state index contributed by atoms with van der Waals surface area (Å²) < 4.78 is 32.3. The number of carboxylic acids is 1. The van der Waals surface area contributed by atoms with Crippen LogP contribution in [0.4, 0.5) is 0 Å². The first-order valence-corrected chi connectivity index (χ1v) is 16.6. The van der Waals surface area contributed by atoms with Gasteiger partial charge in [-0.25, -0.2) is 24.0 Å². The van der Waals surface area contributed by atoms with Crippen LogP contribution in [0.15, 0.2) is 92.0 Å². The number of esters is 4. The van der Waals surface area contributed by atoms with Crippen molar-refractivity contribution in [1.82, 2.24) is 0 Å². The fraction of sp³-hybridized carbons (Fsp3) is 0.308. The molecule has 0 saturated heterocycles. The van der Waals surface area contributed by atoms with E-state index in [1.165, 1.54) is 42.5 Å². The summed E-state index contributed by atoms with van der Waals surface area (Å²) in [6.45, 7) is 8.30. The third-order valence-electron chi connectivity index (χ3n) is 7.22. The van der Waals surface area contributed by atoms with Crippen molar-refractivity contribution in [2.45, 2.75) is 51.4 Å². The standard InChI is InChI=1S/C39H42O12/c1-3-34(40)48-26-11-7-5-9-24-46-30-20-16-28(17-21-30)38(44)50-33-15-13-14-32(37(42)43)36(33)51-39(45)29-18-22-31(23-19-29)47-25-10-6-8-12-27-49-35(41)4-2/h3-4,13-23H,1-2,5-12,24-27H2,(H,42,43). The number of carbonyl (C=O) groups excluding carboxylic acids is 4. The summed E-state index contributed by atoms with van der Waals surface area (Å²) in [5, 5.41) is 9.75. The number of para-hydroxylation sites is 1. The molecule has 0 heterocycles. The highest BCUT2D eigenvalue weighted by atomic mass is 16.6. The summed E-state index contributed by atoms with van der Waals surface area (Å²) in [5.41, 5.74) is -0.0773. The Hall–Kier alpha value is -5.91. The van der Waals surface area contributed by atoms with Crippen LogP contribution in [0, 0.1) is 0 Å². The third kappa shape index (κ3) is 14.2. The molecule has 0 fully saturated rings. The van der Waals surface area contributed by atoms with Gasteiger partial charge in [0.2, 0.25) is 0 Å². The SMILES string of the molecule is C=CC(=O)OCCCCCCOc1ccc(C(=O)Oc2cccc(C(=O)O)c2OC(=O)c2ccc(OCCCCCCOC(=O)C=C)cc2)cc1. The fourth-order valence-electron chi connectivity index (χ4n) is 4.51. The first-order chi connectivity index (χ1) is 24.7. The smallest absolute Gasteiger partial charge is 0.343 e. The summed E-state index contributed by atoms with van der Waals surface area (Å²) in [6, 6.07) is 16.3. The molecule has 12 nitrogen and oxygen atoms in total. The minimum Gasteiger partial charge on any atom is -0.494 e. The Labute approximate surface area is 296 Å². The second kappa shape index (κ2) is 21.9. The summed E-state index contributed by atoms with van der Waals surface area (Å²) in [7, 11) is 0. The Morgan fingerprint density at radius 1 is 0.549 bits per heavy atom. The van der Waals surface area contributed by atoms with Crippen LogP contribution in [-0.2, 0) is 19.1 Å². The zero-order valence-corrected chi connectivity index (χ0v) is 28.3. The molecule has 0 bridgehead atoms. The zero-order chi connectivity index (χ0) is 36.8. The van der Waals surface area contributed by atoms with Gasteiger partial charge in [-0.1, -0.05) is 19.2 Å². The maximum absolute atomic E-state index is 13.0. The second-order valence-corrected chi connectivity index (χ2v) is 11.0. The molecule has 270 valence electrons. The molecule has 0 radical (unpaired) electrons. The van der Waals surface area contributed by atoms with Crippen molar-refractivity contribution >= 4 is 29.8 Å². The van der Waals surface area contributed by atoms with Gasteiger partial charge in [0.05, 0.1) is 37.6 Å². The predicted octanol–water partition coefficient (Wildman–Crippen LogP) is 7.16. The highest BCUT2D eigenvalue weighted by molar-refractivity contribution is 5.98. The maximum Gasteiger partial charge on any atom is 0.343 e. The van der Waals surface area contributed by atoms with E-state index >= 15 is 0 Å². The predicted molar refractivity (Wildman–Crippen MR) is 186 cm³/mol. The Morgan fingerprint density at radius 2 is 0.980 bits per heavy atom. The van der Waals surface area contributed by atoms with Crippen molar-refractivity contribution in [1.29, 1.82) is 0 Å². The molecule has 3 aromatic rings. The van der Waals surface area contributed by atoms with Gasteiger partial charge in [-0.2, -0.15) is 0 Å². The Morgan fingerprint density at radius 3 is 1.41 bits per heavy atom. The molecule has 0 aliphatic rings.